The monoisotopic (exact) mass is 273 g/mol. The van der Waals surface area contributed by atoms with Gasteiger partial charge in [0.15, 0.2) is 0 Å². The van der Waals surface area contributed by atoms with E-state index < -0.39 is 18.2 Å². The van der Waals surface area contributed by atoms with Crippen molar-refractivity contribution in [1.82, 2.24) is 4.90 Å². The van der Waals surface area contributed by atoms with Crippen molar-refractivity contribution in [1.29, 1.82) is 0 Å². The van der Waals surface area contributed by atoms with Crippen molar-refractivity contribution in [3.8, 4) is 0 Å². The average Bonchev–Trinajstić information content (AvgIpc) is 2.39. The number of rotatable bonds is 3. The molecule has 1 fully saturated rings. The first-order valence-corrected chi connectivity index (χ1v) is 6.49. The highest BCUT2D eigenvalue weighted by Crippen LogP contribution is 2.33. The summed E-state index contributed by atoms with van der Waals surface area (Å²) in [6.45, 7) is 0.875. The number of hydrogen-bond acceptors (Lipinski definition) is 2. The minimum absolute atomic E-state index is 0.00655. The Hall–Kier alpha value is -1.07. The maximum absolute atomic E-state index is 12.7. The van der Waals surface area contributed by atoms with Crippen LogP contribution >= 0.6 is 0 Å². The fourth-order valence-electron chi connectivity index (χ4n) is 2.51. The Balaban J connectivity index is 1.92. The van der Waals surface area contributed by atoms with Gasteiger partial charge in [0.2, 0.25) is 0 Å². The van der Waals surface area contributed by atoms with Gasteiger partial charge in [0.25, 0.3) is 0 Å². The lowest BCUT2D eigenvalue weighted by molar-refractivity contribution is -0.187. The van der Waals surface area contributed by atoms with E-state index in [9.17, 15) is 18.3 Å². The number of aliphatic hydroxyl groups excluding tert-OH is 1. The van der Waals surface area contributed by atoms with Gasteiger partial charge in [-0.3, -0.25) is 4.90 Å². The number of aliphatic hydroxyl groups is 1. The smallest absolute Gasteiger partial charge is 0.387 e. The van der Waals surface area contributed by atoms with Gasteiger partial charge in [-0.25, -0.2) is 0 Å². The zero-order chi connectivity index (χ0) is 13.9. The highest BCUT2D eigenvalue weighted by Gasteiger charge is 2.41. The third-order valence-corrected chi connectivity index (χ3v) is 3.58. The van der Waals surface area contributed by atoms with Crippen LogP contribution in [0, 0.1) is 5.92 Å². The Morgan fingerprint density at radius 3 is 2.58 bits per heavy atom. The quantitative estimate of drug-likeness (QED) is 0.915. The molecule has 106 valence electrons. The van der Waals surface area contributed by atoms with Crippen molar-refractivity contribution in [3.05, 3.63) is 35.9 Å². The Morgan fingerprint density at radius 1 is 1.26 bits per heavy atom. The molecule has 1 aromatic carbocycles. The second-order valence-electron chi connectivity index (χ2n) is 5.07. The largest absolute Gasteiger partial charge is 0.393 e. The molecule has 0 bridgehead atoms. The lowest BCUT2D eigenvalue weighted by Crippen LogP contribution is -2.43. The molecule has 0 spiro atoms. The molecule has 1 aromatic rings. The van der Waals surface area contributed by atoms with E-state index in [0.29, 0.717) is 13.0 Å². The van der Waals surface area contributed by atoms with Crippen LogP contribution in [0.4, 0.5) is 13.2 Å². The summed E-state index contributed by atoms with van der Waals surface area (Å²) in [5, 5.41) is 10.0. The second kappa shape index (κ2) is 5.92. The van der Waals surface area contributed by atoms with Gasteiger partial charge < -0.3 is 5.11 Å². The highest BCUT2D eigenvalue weighted by molar-refractivity contribution is 5.17. The van der Waals surface area contributed by atoms with E-state index in [1.165, 1.54) is 0 Å². The summed E-state index contributed by atoms with van der Waals surface area (Å²) < 4.78 is 38.1. The molecule has 0 radical (unpaired) electrons. The predicted molar refractivity (Wildman–Crippen MR) is 66.6 cm³/mol. The Kier molecular flexibility index (Phi) is 4.47. The zero-order valence-electron chi connectivity index (χ0n) is 10.6. The summed E-state index contributed by atoms with van der Waals surface area (Å²) in [5.41, 5.74) is 0.747. The summed E-state index contributed by atoms with van der Waals surface area (Å²) in [4.78, 5) is 1.71. The second-order valence-corrected chi connectivity index (χ2v) is 5.07. The predicted octanol–water partition coefficient (Wildman–Crippen LogP) is 2.99. The molecule has 5 heteroatoms. The summed E-state index contributed by atoms with van der Waals surface area (Å²) >= 11 is 0. The minimum Gasteiger partial charge on any atom is -0.387 e. The lowest BCUT2D eigenvalue weighted by Gasteiger charge is -2.34. The maximum Gasteiger partial charge on any atom is 0.393 e. The number of hydrogen-bond donors (Lipinski definition) is 1. The van der Waals surface area contributed by atoms with Crippen LogP contribution in [0.1, 0.15) is 24.5 Å². The van der Waals surface area contributed by atoms with E-state index in [1.54, 1.807) is 17.0 Å². The van der Waals surface area contributed by atoms with Crippen LogP contribution in [0.3, 0.4) is 0 Å². The van der Waals surface area contributed by atoms with Crippen molar-refractivity contribution in [2.75, 3.05) is 19.6 Å². The van der Waals surface area contributed by atoms with Gasteiger partial charge in [-0.15, -0.1) is 0 Å². The van der Waals surface area contributed by atoms with Gasteiger partial charge in [0.1, 0.15) is 0 Å². The summed E-state index contributed by atoms with van der Waals surface area (Å²) in [5.74, 6) is -1.26. The Morgan fingerprint density at radius 2 is 1.95 bits per heavy atom. The minimum atomic E-state index is -4.13. The van der Waals surface area contributed by atoms with Crippen LogP contribution in [0.2, 0.25) is 0 Å². The molecule has 2 atom stereocenters. The first-order valence-electron chi connectivity index (χ1n) is 6.49. The molecule has 2 rings (SSSR count). The molecule has 1 N–H and O–H groups in total. The molecule has 2 nitrogen and oxygen atoms in total. The fraction of sp³-hybridized carbons (Fsp3) is 0.571. The van der Waals surface area contributed by atoms with Crippen molar-refractivity contribution >= 4 is 0 Å². The average molecular weight is 273 g/mol. The van der Waals surface area contributed by atoms with E-state index >= 15 is 0 Å². The number of nitrogens with zero attached hydrogens (tertiary/aromatic N) is 1. The normalized spacial score (nSPS) is 23.3. The number of β-amino-alcohol motifs (C(OH)–C–C–N with tert-alkyl or cyclic N) is 1. The van der Waals surface area contributed by atoms with Crippen LogP contribution in [0.25, 0.3) is 0 Å². The molecule has 1 aliphatic heterocycles. The molecule has 0 saturated carbocycles. The Bertz CT molecular complexity index is 393. The fourth-order valence-corrected chi connectivity index (χ4v) is 2.51. The van der Waals surface area contributed by atoms with Crippen molar-refractivity contribution in [3.63, 3.8) is 0 Å². The van der Waals surface area contributed by atoms with Crippen molar-refractivity contribution < 1.29 is 18.3 Å². The van der Waals surface area contributed by atoms with Crippen LogP contribution in [0.15, 0.2) is 30.3 Å². The lowest BCUT2D eigenvalue weighted by atomic mass is 9.97. The highest BCUT2D eigenvalue weighted by atomic mass is 19.4. The van der Waals surface area contributed by atoms with E-state index in [-0.39, 0.29) is 19.5 Å². The first-order chi connectivity index (χ1) is 8.97. The maximum atomic E-state index is 12.7. The van der Waals surface area contributed by atoms with Crippen molar-refractivity contribution in [2.45, 2.75) is 25.1 Å². The third kappa shape index (κ3) is 3.94. The van der Waals surface area contributed by atoms with Gasteiger partial charge in [-0.1, -0.05) is 30.3 Å². The molecule has 0 aliphatic carbocycles. The van der Waals surface area contributed by atoms with E-state index in [4.69, 9.17) is 0 Å². The number of piperidine rings is 1. The van der Waals surface area contributed by atoms with Gasteiger partial charge in [-0.05, 0) is 24.9 Å². The number of alkyl halides is 3. The van der Waals surface area contributed by atoms with Gasteiger partial charge >= 0.3 is 6.18 Å². The van der Waals surface area contributed by atoms with Crippen LogP contribution < -0.4 is 0 Å². The van der Waals surface area contributed by atoms with E-state index in [2.05, 4.69) is 0 Å². The van der Waals surface area contributed by atoms with E-state index in [0.717, 1.165) is 5.56 Å². The van der Waals surface area contributed by atoms with E-state index in [1.807, 2.05) is 18.2 Å². The molecule has 1 heterocycles. The number of halogens is 3. The summed E-state index contributed by atoms with van der Waals surface area (Å²) in [6.07, 6.45) is -4.13. The van der Waals surface area contributed by atoms with Gasteiger partial charge in [0, 0.05) is 13.1 Å². The Labute approximate surface area is 110 Å². The molecule has 19 heavy (non-hydrogen) atoms. The third-order valence-electron chi connectivity index (χ3n) is 3.58. The van der Waals surface area contributed by atoms with Gasteiger partial charge in [-0.2, -0.15) is 13.2 Å². The molecule has 0 amide bonds. The van der Waals surface area contributed by atoms with Crippen LogP contribution in [-0.2, 0) is 0 Å². The SMILES string of the molecule is O[C@H](CN1CCC[C@@H](C(F)(F)F)C1)c1ccccc1. The summed E-state index contributed by atoms with van der Waals surface area (Å²) in [7, 11) is 0. The standard InChI is InChI=1S/C14H18F3NO/c15-14(16,17)12-7-4-8-18(9-12)10-13(19)11-5-2-1-3-6-11/h1-3,5-6,12-13,19H,4,7-10H2/t12-,13-/m1/s1. The summed E-state index contributed by atoms with van der Waals surface area (Å²) in [6, 6.07) is 9.04. The topological polar surface area (TPSA) is 23.5 Å². The molecule has 1 aliphatic rings. The van der Waals surface area contributed by atoms with Crippen LogP contribution in [0.5, 0.6) is 0 Å². The van der Waals surface area contributed by atoms with Crippen LogP contribution in [-0.4, -0.2) is 35.8 Å². The van der Waals surface area contributed by atoms with Gasteiger partial charge in [0.05, 0.1) is 12.0 Å². The molecular weight excluding hydrogens is 255 g/mol. The molecule has 1 saturated heterocycles. The first kappa shape index (κ1) is 14.3. The zero-order valence-corrected chi connectivity index (χ0v) is 10.6. The molecule has 0 unspecified atom stereocenters. The molecular formula is C14H18F3NO. The number of likely N-dealkylation sites (tertiary alicyclic amines) is 1. The number of benzene rings is 1. The molecule has 0 aromatic heterocycles. The van der Waals surface area contributed by atoms with Crippen molar-refractivity contribution in [2.24, 2.45) is 5.92 Å².